The van der Waals surface area contributed by atoms with E-state index in [4.69, 9.17) is 10.5 Å². The quantitative estimate of drug-likeness (QED) is 0.726. The summed E-state index contributed by atoms with van der Waals surface area (Å²) in [6.45, 7) is 2.64. The summed E-state index contributed by atoms with van der Waals surface area (Å²) in [7, 11) is 0. The van der Waals surface area contributed by atoms with E-state index in [1.807, 2.05) is 30.3 Å². The van der Waals surface area contributed by atoms with E-state index in [-0.39, 0.29) is 0 Å². The number of primary amides is 1. The lowest BCUT2D eigenvalue weighted by Gasteiger charge is -2.14. The van der Waals surface area contributed by atoms with Crippen molar-refractivity contribution >= 4 is 5.91 Å². The first kappa shape index (κ1) is 11.7. The predicted molar refractivity (Wildman–Crippen MR) is 59.2 cm³/mol. The maximum Gasteiger partial charge on any atom is 0.251 e. The monoisotopic (exact) mass is 207 g/mol. The molecule has 1 aromatic rings. The minimum Gasteiger partial charge on any atom is -0.367 e. The van der Waals surface area contributed by atoms with E-state index < -0.39 is 12.0 Å². The van der Waals surface area contributed by atoms with Gasteiger partial charge in [-0.05, 0) is 12.0 Å². The van der Waals surface area contributed by atoms with Crippen molar-refractivity contribution in [2.45, 2.75) is 25.9 Å². The van der Waals surface area contributed by atoms with Crippen LogP contribution in [0.2, 0.25) is 0 Å². The molecule has 0 radical (unpaired) electrons. The van der Waals surface area contributed by atoms with Gasteiger partial charge in [-0.3, -0.25) is 4.79 Å². The summed E-state index contributed by atoms with van der Waals surface area (Å²) in [6, 6.07) is 9.33. The zero-order valence-electron chi connectivity index (χ0n) is 8.98. The maximum atomic E-state index is 11.2. The molecule has 1 rings (SSSR count). The molecular formula is C12H17NO2. The van der Waals surface area contributed by atoms with Crippen molar-refractivity contribution in [2.24, 2.45) is 5.73 Å². The van der Waals surface area contributed by atoms with Crippen LogP contribution in [0.15, 0.2) is 30.3 Å². The molecule has 0 aliphatic rings. The molecule has 0 fully saturated rings. The van der Waals surface area contributed by atoms with Gasteiger partial charge in [0, 0.05) is 6.61 Å². The Labute approximate surface area is 90.2 Å². The molecule has 82 valence electrons. The van der Waals surface area contributed by atoms with Crippen molar-refractivity contribution < 1.29 is 9.53 Å². The topological polar surface area (TPSA) is 52.3 Å². The molecule has 15 heavy (non-hydrogen) atoms. The number of carbonyl (C=O) groups excluding carboxylic acids is 1. The van der Waals surface area contributed by atoms with Gasteiger partial charge >= 0.3 is 0 Å². The van der Waals surface area contributed by atoms with Gasteiger partial charge in [0.2, 0.25) is 0 Å². The molecule has 1 unspecified atom stereocenters. The van der Waals surface area contributed by atoms with Crippen LogP contribution in [0, 0.1) is 0 Å². The van der Waals surface area contributed by atoms with Crippen LogP contribution in [0.1, 0.15) is 31.4 Å². The number of hydrogen-bond acceptors (Lipinski definition) is 2. The van der Waals surface area contributed by atoms with Crippen molar-refractivity contribution in [2.75, 3.05) is 6.61 Å². The van der Waals surface area contributed by atoms with Gasteiger partial charge in [0.1, 0.15) is 0 Å². The molecule has 3 nitrogen and oxygen atoms in total. The molecule has 0 saturated carbocycles. The maximum absolute atomic E-state index is 11.2. The Bertz CT molecular complexity index is 298. The van der Waals surface area contributed by atoms with Crippen molar-refractivity contribution in [3.8, 4) is 0 Å². The zero-order valence-corrected chi connectivity index (χ0v) is 8.98. The smallest absolute Gasteiger partial charge is 0.251 e. The van der Waals surface area contributed by atoms with Gasteiger partial charge in [-0.1, -0.05) is 43.7 Å². The molecule has 0 aromatic heterocycles. The van der Waals surface area contributed by atoms with Crippen molar-refractivity contribution in [3.05, 3.63) is 35.9 Å². The summed E-state index contributed by atoms with van der Waals surface area (Å²) in [5.41, 5.74) is 6.11. The van der Waals surface area contributed by atoms with E-state index >= 15 is 0 Å². The summed E-state index contributed by atoms with van der Waals surface area (Å²) in [4.78, 5) is 11.2. The number of nitrogens with two attached hydrogens (primary N) is 1. The highest BCUT2D eigenvalue weighted by Crippen LogP contribution is 2.16. The summed E-state index contributed by atoms with van der Waals surface area (Å²) in [6.07, 6.45) is 1.37. The molecule has 1 amide bonds. The number of ether oxygens (including phenoxy) is 1. The molecule has 1 atom stereocenters. The number of unbranched alkanes of at least 4 members (excludes halogenated alkanes) is 1. The highest BCUT2D eigenvalue weighted by atomic mass is 16.5. The number of hydrogen-bond donors (Lipinski definition) is 1. The molecule has 0 spiro atoms. The Hall–Kier alpha value is -1.35. The van der Waals surface area contributed by atoms with Gasteiger partial charge in [0.25, 0.3) is 5.91 Å². The van der Waals surface area contributed by atoms with E-state index in [1.165, 1.54) is 0 Å². The Morgan fingerprint density at radius 3 is 2.60 bits per heavy atom. The molecular weight excluding hydrogens is 190 g/mol. The third-order valence-electron chi connectivity index (χ3n) is 2.14. The Balaban J connectivity index is 2.62. The first-order chi connectivity index (χ1) is 7.25. The average Bonchev–Trinajstić information content (AvgIpc) is 2.25. The van der Waals surface area contributed by atoms with Gasteiger partial charge in [0.05, 0.1) is 0 Å². The van der Waals surface area contributed by atoms with Crippen molar-refractivity contribution in [1.82, 2.24) is 0 Å². The molecule has 2 N–H and O–H groups in total. The highest BCUT2D eigenvalue weighted by molar-refractivity contribution is 5.80. The van der Waals surface area contributed by atoms with E-state index in [0.29, 0.717) is 6.61 Å². The van der Waals surface area contributed by atoms with E-state index in [1.54, 1.807) is 0 Å². The fourth-order valence-corrected chi connectivity index (χ4v) is 1.32. The van der Waals surface area contributed by atoms with Crippen molar-refractivity contribution in [1.29, 1.82) is 0 Å². The summed E-state index contributed by atoms with van der Waals surface area (Å²) in [5, 5.41) is 0. The molecule has 0 heterocycles. The van der Waals surface area contributed by atoms with Gasteiger partial charge in [-0.2, -0.15) is 0 Å². The molecule has 0 aliphatic heterocycles. The lowest BCUT2D eigenvalue weighted by molar-refractivity contribution is -0.130. The van der Waals surface area contributed by atoms with Crippen LogP contribution >= 0.6 is 0 Å². The molecule has 3 heteroatoms. The molecule has 0 saturated heterocycles. The SMILES string of the molecule is CCCCOC(C(N)=O)c1ccccc1. The van der Waals surface area contributed by atoms with E-state index in [9.17, 15) is 4.79 Å². The summed E-state index contributed by atoms with van der Waals surface area (Å²) >= 11 is 0. The van der Waals surface area contributed by atoms with Gasteiger partial charge in [-0.25, -0.2) is 0 Å². The van der Waals surface area contributed by atoms with Gasteiger partial charge < -0.3 is 10.5 Å². The second-order valence-electron chi connectivity index (χ2n) is 3.42. The Morgan fingerprint density at radius 1 is 1.40 bits per heavy atom. The van der Waals surface area contributed by atoms with Crippen LogP contribution in [0.5, 0.6) is 0 Å². The number of carbonyl (C=O) groups is 1. The highest BCUT2D eigenvalue weighted by Gasteiger charge is 2.17. The largest absolute Gasteiger partial charge is 0.367 e. The van der Waals surface area contributed by atoms with Crippen LogP contribution in [-0.4, -0.2) is 12.5 Å². The minimum absolute atomic E-state index is 0.433. The van der Waals surface area contributed by atoms with Gasteiger partial charge in [0.15, 0.2) is 6.10 Å². The fourth-order valence-electron chi connectivity index (χ4n) is 1.32. The first-order valence-electron chi connectivity index (χ1n) is 5.21. The van der Waals surface area contributed by atoms with Crippen LogP contribution in [0.25, 0.3) is 0 Å². The van der Waals surface area contributed by atoms with Crippen LogP contribution in [0.4, 0.5) is 0 Å². The van der Waals surface area contributed by atoms with E-state index in [2.05, 4.69) is 6.92 Å². The minimum atomic E-state index is -0.613. The number of rotatable bonds is 6. The van der Waals surface area contributed by atoms with E-state index in [0.717, 1.165) is 18.4 Å². The average molecular weight is 207 g/mol. The summed E-state index contributed by atoms with van der Waals surface area (Å²) in [5.74, 6) is -0.433. The number of amides is 1. The lowest BCUT2D eigenvalue weighted by atomic mass is 10.1. The number of benzene rings is 1. The summed E-state index contributed by atoms with van der Waals surface area (Å²) < 4.78 is 5.46. The van der Waals surface area contributed by atoms with Crippen LogP contribution in [0.3, 0.4) is 0 Å². The van der Waals surface area contributed by atoms with Crippen molar-refractivity contribution in [3.63, 3.8) is 0 Å². The molecule has 0 bridgehead atoms. The Morgan fingerprint density at radius 2 is 2.07 bits per heavy atom. The molecule has 0 aliphatic carbocycles. The van der Waals surface area contributed by atoms with Crippen LogP contribution in [-0.2, 0) is 9.53 Å². The molecule has 1 aromatic carbocycles. The van der Waals surface area contributed by atoms with Gasteiger partial charge in [-0.15, -0.1) is 0 Å². The Kier molecular flexibility index (Phi) is 4.84. The third kappa shape index (κ3) is 3.72. The lowest BCUT2D eigenvalue weighted by Crippen LogP contribution is -2.24. The fraction of sp³-hybridized carbons (Fsp3) is 0.417. The second kappa shape index (κ2) is 6.19. The first-order valence-corrected chi connectivity index (χ1v) is 5.21. The predicted octanol–water partition coefficient (Wildman–Crippen LogP) is 2.03. The van der Waals surface area contributed by atoms with Crippen LogP contribution < -0.4 is 5.73 Å². The third-order valence-corrected chi connectivity index (χ3v) is 2.14. The second-order valence-corrected chi connectivity index (χ2v) is 3.42. The zero-order chi connectivity index (χ0) is 11.1. The standard InChI is InChI=1S/C12H17NO2/c1-2-3-9-15-11(12(13)14)10-7-5-4-6-8-10/h4-8,11H,2-3,9H2,1H3,(H2,13,14). The normalized spacial score (nSPS) is 12.3.